The number of aromatic nitrogens is 2. The fraction of sp³-hybridized carbons (Fsp3) is 0.765. The van der Waals surface area contributed by atoms with Crippen LogP contribution >= 0.6 is 0 Å². The number of anilines is 1. The molecule has 0 bridgehead atoms. The normalized spacial score (nSPS) is 18.1. The molecule has 23 heavy (non-hydrogen) atoms. The lowest BCUT2D eigenvalue weighted by Gasteiger charge is -2.36. The number of amides is 1. The molecule has 1 aromatic heterocycles. The average molecular weight is 321 g/mol. The summed E-state index contributed by atoms with van der Waals surface area (Å²) in [7, 11) is 4.05. The van der Waals surface area contributed by atoms with Crippen LogP contribution in [0.2, 0.25) is 0 Å². The van der Waals surface area contributed by atoms with Crippen molar-refractivity contribution in [2.45, 2.75) is 46.1 Å². The van der Waals surface area contributed by atoms with Crippen molar-refractivity contribution in [3.05, 3.63) is 11.3 Å². The maximum atomic E-state index is 12.3. The number of nitrogens with zero attached hydrogens (tertiary/aromatic N) is 4. The molecular formula is C17H31N5O. The molecule has 0 aliphatic carbocycles. The summed E-state index contributed by atoms with van der Waals surface area (Å²) in [5.41, 5.74) is 2.13. The number of rotatable bonds is 6. The molecule has 1 saturated heterocycles. The van der Waals surface area contributed by atoms with E-state index in [4.69, 9.17) is 0 Å². The molecule has 1 atom stereocenters. The number of hydrogen-bond acceptors (Lipinski definition) is 4. The van der Waals surface area contributed by atoms with Gasteiger partial charge in [-0.1, -0.05) is 6.92 Å². The van der Waals surface area contributed by atoms with Crippen LogP contribution in [0.4, 0.5) is 5.82 Å². The van der Waals surface area contributed by atoms with Crippen LogP contribution in [0.5, 0.6) is 0 Å². The van der Waals surface area contributed by atoms with Crippen LogP contribution in [-0.2, 0) is 18.3 Å². The zero-order chi connectivity index (χ0) is 17.0. The summed E-state index contributed by atoms with van der Waals surface area (Å²) in [5, 5.41) is 7.45. The van der Waals surface area contributed by atoms with Crippen LogP contribution in [0.3, 0.4) is 0 Å². The molecule has 0 aromatic carbocycles. The highest BCUT2D eigenvalue weighted by molar-refractivity contribution is 5.90. The van der Waals surface area contributed by atoms with E-state index in [2.05, 4.69) is 41.1 Å². The number of carbonyl (C=O) groups excluding carboxylic acids is 1. The third kappa shape index (κ3) is 4.54. The lowest BCUT2D eigenvalue weighted by molar-refractivity contribution is -0.116. The van der Waals surface area contributed by atoms with Gasteiger partial charge in [0, 0.05) is 51.3 Å². The molecule has 1 amide bonds. The van der Waals surface area contributed by atoms with Crippen molar-refractivity contribution in [2.75, 3.05) is 38.5 Å². The van der Waals surface area contributed by atoms with Gasteiger partial charge in [0.15, 0.2) is 0 Å². The molecule has 1 unspecified atom stereocenters. The molecule has 1 fully saturated rings. The van der Waals surface area contributed by atoms with E-state index in [0.29, 0.717) is 12.5 Å². The van der Waals surface area contributed by atoms with Crippen LogP contribution in [0.25, 0.3) is 0 Å². The number of hydrogen-bond donors (Lipinski definition) is 1. The molecule has 2 heterocycles. The van der Waals surface area contributed by atoms with E-state index in [-0.39, 0.29) is 5.91 Å². The van der Waals surface area contributed by atoms with E-state index < -0.39 is 0 Å². The molecule has 1 aromatic rings. The van der Waals surface area contributed by atoms with Crippen molar-refractivity contribution in [1.82, 2.24) is 19.6 Å². The van der Waals surface area contributed by atoms with Crippen molar-refractivity contribution >= 4 is 11.7 Å². The SMILES string of the molecule is CCc1c(C)nn(C)c1NC(=O)CCC(C)N1CCN(C)CC1. The zero-order valence-electron chi connectivity index (χ0n) is 15.2. The Kier molecular flexibility index (Phi) is 6.18. The minimum Gasteiger partial charge on any atom is -0.311 e. The molecule has 6 nitrogen and oxygen atoms in total. The summed E-state index contributed by atoms with van der Waals surface area (Å²) >= 11 is 0. The van der Waals surface area contributed by atoms with Gasteiger partial charge in [-0.25, -0.2) is 0 Å². The minimum absolute atomic E-state index is 0.0867. The average Bonchev–Trinajstić information content (AvgIpc) is 2.79. The smallest absolute Gasteiger partial charge is 0.225 e. The van der Waals surface area contributed by atoms with E-state index in [1.54, 1.807) is 4.68 Å². The second kappa shape index (κ2) is 7.93. The highest BCUT2D eigenvalue weighted by atomic mass is 16.1. The molecule has 130 valence electrons. The van der Waals surface area contributed by atoms with Gasteiger partial charge in [0.2, 0.25) is 5.91 Å². The standard InChI is InChI=1S/C17H31N5O/c1-6-15-14(3)19-21(5)17(15)18-16(23)8-7-13(2)22-11-9-20(4)10-12-22/h13H,6-12H2,1-5H3,(H,18,23). The van der Waals surface area contributed by atoms with Crippen LogP contribution in [0.1, 0.15) is 37.9 Å². The predicted molar refractivity (Wildman–Crippen MR) is 93.7 cm³/mol. The van der Waals surface area contributed by atoms with Gasteiger partial charge >= 0.3 is 0 Å². The van der Waals surface area contributed by atoms with Gasteiger partial charge in [-0.2, -0.15) is 5.10 Å². The highest BCUT2D eigenvalue weighted by Gasteiger charge is 2.20. The molecule has 2 rings (SSSR count). The Morgan fingerprint density at radius 3 is 2.52 bits per heavy atom. The molecule has 6 heteroatoms. The van der Waals surface area contributed by atoms with E-state index in [1.165, 1.54) is 0 Å². The fourth-order valence-electron chi connectivity index (χ4n) is 3.26. The van der Waals surface area contributed by atoms with Crippen molar-refractivity contribution in [2.24, 2.45) is 7.05 Å². The molecule has 0 radical (unpaired) electrons. The van der Waals surface area contributed by atoms with E-state index in [9.17, 15) is 4.79 Å². The Morgan fingerprint density at radius 2 is 1.91 bits per heavy atom. The van der Waals surface area contributed by atoms with Crippen LogP contribution in [0, 0.1) is 6.92 Å². The highest BCUT2D eigenvalue weighted by Crippen LogP contribution is 2.20. The molecule has 1 aliphatic rings. The molecule has 0 saturated carbocycles. The van der Waals surface area contributed by atoms with Gasteiger partial charge in [-0.15, -0.1) is 0 Å². The maximum absolute atomic E-state index is 12.3. The lowest BCUT2D eigenvalue weighted by atomic mass is 10.1. The molecule has 1 N–H and O–H groups in total. The third-order valence-electron chi connectivity index (χ3n) is 4.91. The first-order chi connectivity index (χ1) is 10.9. The van der Waals surface area contributed by atoms with Crippen molar-refractivity contribution in [3.8, 4) is 0 Å². The lowest BCUT2D eigenvalue weighted by Crippen LogP contribution is -2.48. The number of aryl methyl sites for hydroxylation is 2. The van der Waals surface area contributed by atoms with Crippen molar-refractivity contribution < 1.29 is 4.79 Å². The summed E-state index contributed by atoms with van der Waals surface area (Å²) in [6.45, 7) is 10.7. The topological polar surface area (TPSA) is 53.4 Å². The van der Waals surface area contributed by atoms with E-state index in [1.807, 2.05) is 14.0 Å². The number of carbonyl (C=O) groups is 1. The first-order valence-electron chi connectivity index (χ1n) is 8.67. The minimum atomic E-state index is 0.0867. The van der Waals surface area contributed by atoms with E-state index in [0.717, 1.165) is 56.1 Å². The second-order valence-corrected chi connectivity index (χ2v) is 6.66. The van der Waals surface area contributed by atoms with Gasteiger partial charge in [0.05, 0.1) is 5.69 Å². The Labute approximate surface area is 139 Å². The maximum Gasteiger partial charge on any atom is 0.225 e. The van der Waals surface area contributed by atoms with Gasteiger partial charge in [0.1, 0.15) is 5.82 Å². The predicted octanol–water partition coefficient (Wildman–Crippen LogP) is 1.65. The van der Waals surface area contributed by atoms with Crippen molar-refractivity contribution in [3.63, 3.8) is 0 Å². The Balaban J connectivity index is 1.83. The summed E-state index contributed by atoms with van der Waals surface area (Å²) in [6, 6.07) is 0.452. The number of likely N-dealkylation sites (N-methyl/N-ethyl adjacent to an activating group) is 1. The number of piperazine rings is 1. The fourth-order valence-corrected chi connectivity index (χ4v) is 3.26. The summed E-state index contributed by atoms with van der Waals surface area (Å²) in [6.07, 6.45) is 2.34. The van der Waals surface area contributed by atoms with Crippen LogP contribution in [0.15, 0.2) is 0 Å². The summed E-state index contributed by atoms with van der Waals surface area (Å²) in [4.78, 5) is 17.1. The largest absolute Gasteiger partial charge is 0.311 e. The van der Waals surface area contributed by atoms with Gasteiger partial charge in [0.25, 0.3) is 0 Å². The van der Waals surface area contributed by atoms with Gasteiger partial charge in [-0.05, 0) is 33.7 Å². The third-order valence-corrected chi connectivity index (χ3v) is 4.91. The monoisotopic (exact) mass is 321 g/mol. The Hall–Kier alpha value is -1.40. The van der Waals surface area contributed by atoms with Crippen LogP contribution < -0.4 is 5.32 Å². The zero-order valence-corrected chi connectivity index (χ0v) is 15.2. The van der Waals surface area contributed by atoms with E-state index >= 15 is 0 Å². The summed E-state index contributed by atoms with van der Waals surface area (Å²) < 4.78 is 1.77. The quantitative estimate of drug-likeness (QED) is 0.865. The molecular weight excluding hydrogens is 290 g/mol. The Morgan fingerprint density at radius 1 is 1.26 bits per heavy atom. The molecule has 0 spiro atoms. The summed E-state index contributed by atoms with van der Waals surface area (Å²) in [5.74, 6) is 0.936. The van der Waals surface area contributed by atoms with Gasteiger partial charge in [-0.3, -0.25) is 14.4 Å². The van der Waals surface area contributed by atoms with Crippen LogP contribution in [-0.4, -0.2) is 64.8 Å². The van der Waals surface area contributed by atoms with Crippen molar-refractivity contribution in [1.29, 1.82) is 0 Å². The first kappa shape index (κ1) is 17.9. The second-order valence-electron chi connectivity index (χ2n) is 6.66. The van der Waals surface area contributed by atoms with Gasteiger partial charge < -0.3 is 10.2 Å². The Bertz CT molecular complexity index is 531. The molecule has 1 aliphatic heterocycles. The number of nitrogens with one attached hydrogen (secondary N) is 1. The first-order valence-corrected chi connectivity index (χ1v) is 8.67.